The lowest BCUT2D eigenvalue weighted by molar-refractivity contribution is -0.140. The summed E-state index contributed by atoms with van der Waals surface area (Å²) in [6, 6.07) is 0. The number of nitrogens with one attached hydrogen (secondary N) is 2. The van der Waals surface area contributed by atoms with E-state index in [9.17, 15) is 4.79 Å². The van der Waals surface area contributed by atoms with Crippen LogP contribution >= 0.6 is 11.3 Å². The fourth-order valence-corrected chi connectivity index (χ4v) is 3.15. The average molecular weight is 369 g/mol. The third-order valence-electron chi connectivity index (χ3n) is 3.71. The second kappa shape index (κ2) is 13.6. The first-order valence-corrected chi connectivity index (χ1v) is 10.0. The largest absolute Gasteiger partial charge is 0.469 e. The molecule has 0 saturated heterocycles. The van der Waals surface area contributed by atoms with E-state index in [-0.39, 0.29) is 5.97 Å². The first kappa shape index (κ1) is 21.4. The summed E-state index contributed by atoms with van der Waals surface area (Å²) in [6.07, 6.45) is 8.50. The van der Waals surface area contributed by atoms with E-state index in [1.807, 2.05) is 6.20 Å². The van der Waals surface area contributed by atoms with Crippen LogP contribution in [0.5, 0.6) is 0 Å². The quantitative estimate of drug-likeness (QED) is 0.257. The van der Waals surface area contributed by atoms with Crippen LogP contribution in [0.4, 0.5) is 0 Å². The van der Waals surface area contributed by atoms with Crippen molar-refractivity contribution in [2.75, 3.05) is 26.7 Å². The lowest BCUT2D eigenvalue weighted by Crippen LogP contribution is -2.38. The molecule has 0 unspecified atom stereocenters. The molecule has 0 saturated carbocycles. The van der Waals surface area contributed by atoms with Crippen molar-refractivity contribution in [3.63, 3.8) is 0 Å². The number of aliphatic imine (C=N–C) groups is 1. The Kier molecular flexibility index (Phi) is 11.7. The van der Waals surface area contributed by atoms with Crippen LogP contribution in [0.1, 0.15) is 55.8 Å². The smallest absolute Gasteiger partial charge is 0.305 e. The van der Waals surface area contributed by atoms with E-state index in [0.717, 1.165) is 64.1 Å². The zero-order chi connectivity index (χ0) is 18.3. The van der Waals surface area contributed by atoms with Crippen LogP contribution in [-0.2, 0) is 22.4 Å². The van der Waals surface area contributed by atoms with Gasteiger partial charge in [0.2, 0.25) is 0 Å². The maximum atomic E-state index is 11.0. The molecule has 0 aliphatic heterocycles. The second-order valence-corrected chi connectivity index (χ2v) is 6.95. The normalized spacial score (nSPS) is 11.4. The minimum absolute atomic E-state index is 0.122. The molecule has 1 rings (SSSR count). The van der Waals surface area contributed by atoms with E-state index in [1.165, 1.54) is 17.0 Å². The molecular formula is C18H32N4O2S. The summed E-state index contributed by atoms with van der Waals surface area (Å²) in [5, 5.41) is 7.81. The predicted octanol–water partition coefficient (Wildman–Crippen LogP) is 2.93. The average Bonchev–Trinajstić information content (AvgIpc) is 3.08. The highest BCUT2D eigenvalue weighted by Crippen LogP contribution is 2.13. The number of carbonyl (C=O) groups is 1. The number of hydrogen-bond acceptors (Lipinski definition) is 5. The lowest BCUT2D eigenvalue weighted by Gasteiger charge is -2.10. The van der Waals surface area contributed by atoms with Gasteiger partial charge in [-0.1, -0.05) is 19.8 Å². The zero-order valence-electron chi connectivity index (χ0n) is 15.8. The summed E-state index contributed by atoms with van der Waals surface area (Å²) in [7, 11) is 1.43. The summed E-state index contributed by atoms with van der Waals surface area (Å²) in [5.41, 5.74) is 0. The Labute approximate surface area is 155 Å². The molecule has 0 aliphatic carbocycles. The number of guanidine groups is 1. The number of carbonyl (C=O) groups excluding carboxylic acids is 1. The number of thiazole rings is 1. The third-order valence-corrected chi connectivity index (χ3v) is 4.91. The third kappa shape index (κ3) is 10.1. The molecule has 1 heterocycles. The van der Waals surface area contributed by atoms with Gasteiger partial charge in [-0.15, -0.1) is 11.3 Å². The molecule has 2 N–H and O–H groups in total. The van der Waals surface area contributed by atoms with Crippen LogP contribution in [0.15, 0.2) is 11.2 Å². The van der Waals surface area contributed by atoms with Gasteiger partial charge in [-0.2, -0.15) is 0 Å². The van der Waals surface area contributed by atoms with E-state index in [2.05, 4.69) is 39.2 Å². The number of methoxy groups -OCH3 is 1. The first-order valence-electron chi connectivity index (χ1n) is 9.22. The Morgan fingerprint density at radius 2 is 2.04 bits per heavy atom. The Hall–Kier alpha value is -1.63. The molecule has 0 aromatic carbocycles. The molecule has 7 heteroatoms. The van der Waals surface area contributed by atoms with Crippen LogP contribution in [0, 0.1) is 0 Å². The molecule has 0 spiro atoms. The molecule has 1 aromatic rings. The fraction of sp³-hybridized carbons (Fsp3) is 0.722. The van der Waals surface area contributed by atoms with Gasteiger partial charge in [-0.25, -0.2) is 4.98 Å². The molecule has 6 nitrogen and oxygen atoms in total. The van der Waals surface area contributed by atoms with Gasteiger partial charge in [-0.05, 0) is 26.2 Å². The predicted molar refractivity (Wildman–Crippen MR) is 104 cm³/mol. The summed E-state index contributed by atoms with van der Waals surface area (Å²) in [6.45, 7) is 6.70. The van der Waals surface area contributed by atoms with E-state index >= 15 is 0 Å². The van der Waals surface area contributed by atoms with E-state index < -0.39 is 0 Å². The minimum atomic E-state index is -0.122. The van der Waals surface area contributed by atoms with Crippen molar-refractivity contribution in [3.05, 3.63) is 16.1 Å². The van der Waals surface area contributed by atoms with Crippen LogP contribution in [0.2, 0.25) is 0 Å². The molecule has 1 aromatic heterocycles. The van der Waals surface area contributed by atoms with Gasteiger partial charge >= 0.3 is 5.97 Å². The monoisotopic (exact) mass is 368 g/mol. The molecule has 0 amide bonds. The summed E-state index contributed by atoms with van der Waals surface area (Å²) >= 11 is 1.79. The standard InChI is InChI=1S/C18H32N4O2S/c1-4-15-14-22-16(25-15)11-13-21-18(19-5-2)20-12-9-7-6-8-10-17(23)24-3/h14H,4-13H2,1-3H3,(H2,19,20,21). The van der Waals surface area contributed by atoms with Crippen molar-refractivity contribution in [1.29, 1.82) is 0 Å². The van der Waals surface area contributed by atoms with Gasteiger partial charge < -0.3 is 15.4 Å². The van der Waals surface area contributed by atoms with Crippen LogP contribution < -0.4 is 10.6 Å². The van der Waals surface area contributed by atoms with Crippen LogP contribution in [0.25, 0.3) is 0 Å². The summed E-state index contributed by atoms with van der Waals surface area (Å²) < 4.78 is 4.63. The minimum Gasteiger partial charge on any atom is -0.469 e. The maximum absolute atomic E-state index is 11.0. The number of unbranched alkanes of at least 4 members (excludes halogenated alkanes) is 3. The fourth-order valence-electron chi connectivity index (χ4n) is 2.28. The second-order valence-electron chi connectivity index (χ2n) is 5.75. The van der Waals surface area contributed by atoms with Gasteiger partial charge in [0.05, 0.1) is 12.1 Å². The van der Waals surface area contributed by atoms with Gasteiger partial charge in [0, 0.05) is 43.5 Å². The first-order chi connectivity index (χ1) is 12.2. The topological polar surface area (TPSA) is 75.6 Å². The Balaban J connectivity index is 2.18. The Bertz CT molecular complexity index is 517. The lowest BCUT2D eigenvalue weighted by atomic mass is 10.1. The van der Waals surface area contributed by atoms with Gasteiger partial charge in [0.1, 0.15) is 0 Å². The van der Waals surface area contributed by atoms with Gasteiger partial charge in [0.25, 0.3) is 0 Å². The molecule has 0 bridgehead atoms. The molecular weight excluding hydrogens is 336 g/mol. The summed E-state index contributed by atoms with van der Waals surface area (Å²) in [4.78, 5) is 21.4. The van der Waals surface area contributed by atoms with Crippen molar-refractivity contribution in [1.82, 2.24) is 15.6 Å². The van der Waals surface area contributed by atoms with Crippen LogP contribution in [0.3, 0.4) is 0 Å². The molecule has 0 fully saturated rings. The number of ether oxygens (including phenoxy) is 1. The van der Waals surface area contributed by atoms with Crippen molar-refractivity contribution in [2.24, 2.45) is 4.99 Å². The molecule has 0 atom stereocenters. The number of hydrogen-bond donors (Lipinski definition) is 2. The Morgan fingerprint density at radius 3 is 2.72 bits per heavy atom. The number of esters is 1. The van der Waals surface area contributed by atoms with Crippen molar-refractivity contribution < 1.29 is 9.53 Å². The number of aryl methyl sites for hydroxylation is 1. The summed E-state index contributed by atoms with van der Waals surface area (Å²) in [5.74, 6) is 0.743. The van der Waals surface area contributed by atoms with Crippen molar-refractivity contribution in [3.8, 4) is 0 Å². The number of rotatable bonds is 12. The van der Waals surface area contributed by atoms with Crippen molar-refractivity contribution >= 4 is 23.3 Å². The van der Waals surface area contributed by atoms with E-state index in [1.54, 1.807) is 11.3 Å². The van der Waals surface area contributed by atoms with Crippen molar-refractivity contribution in [2.45, 2.75) is 58.8 Å². The maximum Gasteiger partial charge on any atom is 0.305 e. The Morgan fingerprint density at radius 1 is 1.24 bits per heavy atom. The molecule has 25 heavy (non-hydrogen) atoms. The molecule has 0 aliphatic rings. The molecule has 0 radical (unpaired) electrons. The van der Waals surface area contributed by atoms with Gasteiger partial charge in [0.15, 0.2) is 5.96 Å². The van der Waals surface area contributed by atoms with E-state index in [0.29, 0.717) is 6.42 Å². The highest BCUT2D eigenvalue weighted by molar-refractivity contribution is 7.11. The molecule has 142 valence electrons. The zero-order valence-corrected chi connectivity index (χ0v) is 16.6. The highest BCUT2D eigenvalue weighted by Gasteiger charge is 2.02. The SMILES string of the molecule is CCNC(=NCCCCCCC(=O)OC)NCCc1ncc(CC)s1. The number of nitrogens with zero attached hydrogens (tertiary/aromatic N) is 2. The number of aromatic nitrogens is 1. The highest BCUT2D eigenvalue weighted by atomic mass is 32.1. The van der Waals surface area contributed by atoms with E-state index in [4.69, 9.17) is 0 Å². The van der Waals surface area contributed by atoms with Gasteiger partial charge in [-0.3, -0.25) is 9.79 Å². The van der Waals surface area contributed by atoms with Crippen LogP contribution in [-0.4, -0.2) is 43.7 Å².